The van der Waals surface area contributed by atoms with E-state index in [0.29, 0.717) is 13.2 Å². The molecule has 2 aromatic carbocycles. The standard InChI is InChI=1S/C20H22BrNO2/c1-2-17-14-19(21)12-11-18(17)10-6-7-13-22-20(23)24-15-16-8-4-3-5-9-16/h3-6,8-12,14H,2,7,13,15H2,1H3,(H,22,23). The number of nitrogens with one attached hydrogen (secondary N) is 1. The normalized spacial score (nSPS) is 10.8. The molecule has 1 amide bonds. The fourth-order valence-electron chi connectivity index (χ4n) is 2.29. The number of carbonyl (C=O) groups is 1. The van der Waals surface area contributed by atoms with E-state index >= 15 is 0 Å². The first-order valence-corrected chi connectivity index (χ1v) is 8.88. The number of aryl methyl sites for hydroxylation is 1. The van der Waals surface area contributed by atoms with Gasteiger partial charge in [0.15, 0.2) is 0 Å². The lowest BCUT2D eigenvalue weighted by molar-refractivity contribution is 0.140. The summed E-state index contributed by atoms with van der Waals surface area (Å²) < 4.78 is 6.26. The van der Waals surface area contributed by atoms with E-state index < -0.39 is 0 Å². The molecule has 3 nitrogen and oxygen atoms in total. The van der Waals surface area contributed by atoms with Crippen molar-refractivity contribution in [2.24, 2.45) is 0 Å². The summed E-state index contributed by atoms with van der Waals surface area (Å²) in [5, 5.41) is 2.76. The Morgan fingerprint density at radius 1 is 1.21 bits per heavy atom. The van der Waals surface area contributed by atoms with Gasteiger partial charge in [-0.15, -0.1) is 0 Å². The van der Waals surface area contributed by atoms with Gasteiger partial charge in [-0.1, -0.05) is 71.4 Å². The van der Waals surface area contributed by atoms with Crippen LogP contribution < -0.4 is 5.32 Å². The summed E-state index contributed by atoms with van der Waals surface area (Å²) in [6.07, 6.45) is 5.54. The molecule has 0 unspecified atom stereocenters. The summed E-state index contributed by atoms with van der Waals surface area (Å²) >= 11 is 3.49. The van der Waals surface area contributed by atoms with Gasteiger partial charge in [-0.05, 0) is 41.7 Å². The zero-order valence-corrected chi connectivity index (χ0v) is 15.4. The topological polar surface area (TPSA) is 38.3 Å². The molecular weight excluding hydrogens is 366 g/mol. The highest BCUT2D eigenvalue weighted by molar-refractivity contribution is 9.10. The van der Waals surface area contributed by atoms with Gasteiger partial charge in [0, 0.05) is 11.0 Å². The van der Waals surface area contributed by atoms with E-state index in [0.717, 1.165) is 22.9 Å². The molecule has 1 N–H and O–H groups in total. The Hall–Kier alpha value is -2.07. The molecular formula is C20H22BrNO2. The highest BCUT2D eigenvalue weighted by atomic mass is 79.9. The first kappa shape index (κ1) is 18.3. The quantitative estimate of drug-likeness (QED) is 0.650. The van der Waals surface area contributed by atoms with Gasteiger partial charge < -0.3 is 10.1 Å². The van der Waals surface area contributed by atoms with Crippen molar-refractivity contribution in [3.8, 4) is 0 Å². The van der Waals surface area contributed by atoms with Crippen molar-refractivity contribution in [2.75, 3.05) is 6.54 Å². The first-order valence-electron chi connectivity index (χ1n) is 8.08. The fourth-order valence-corrected chi connectivity index (χ4v) is 2.69. The van der Waals surface area contributed by atoms with Crippen LogP contribution in [0.5, 0.6) is 0 Å². The Morgan fingerprint density at radius 3 is 2.75 bits per heavy atom. The predicted octanol–water partition coefficient (Wildman–Crippen LogP) is 5.34. The average molecular weight is 388 g/mol. The highest BCUT2D eigenvalue weighted by Crippen LogP contribution is 2.18. The number of amides is 1. The average Bonchev–Trinajstić information content (AvgIpc) is 2.61. The van der Waals surface area contributed by atoms with Gasteiger partial charge in [0.05, 0.1) is 0 Å². The Balaban J connectivity index is 1.69. The van der Waals surface area contributed by atoms with E-state index in [4.69, 9.17) is 4.74 Å². The minimum absolute atomic E-state index is 0.293. The van der Waals surface area contributed by atoms with Crippen LogP contribution in [-0.4, -0.2) is 12.6 Å². The molecule has 0 aliphatic heterocycles. The second-order valence-corrected chi connectivity index (χ2v) is 6.29. The predicted molar refractivity (Wildman–Crippen MR) is 102 cm³/mol. The van der Waals surface area contributed by atoms with Crippen molar-refractivity contribution in [3.63, 3.8) is 0 Å². The second-order valence-electron chi connectivity index (χ2n) is 5.38. The molecule has 0 saturated carbocycles. The van der Waals surface area contributed by atoms with Crippen LogP contribution in [0, 0.1) is 0 Å². The van der Waals surface area contributed by atoms with Gasteiger partial charge in [0.1, 0.15) is 6.61 Å². The minimum Gasteiger partial charge on any atom is -0.445 e. The maximum absolute atomic E-state index is 11.6. The van der Waals surface area contributed by atoms with Crippen molar-refractivity contribution in [1.82, 2.24) is 5.32 Å². The molecule has 0 spiro atoms. The first-order chi connectivity index (χ1) is 11.7. The number of carbonyl (C=O) groups excluding carboxylic acids is 1. The molecule has 0 radical (unpaired) electrons. The number of hydrogen-bond donors (Lipinski definition) is 1. The summed E-state index contributed by atoms with van der Waals surface area (Å²) in [6, 6.07) is 15.9. The molecule has 0 saturated heterocycles. The smallest absolute Gasteiger partial charge is 0.407 e. The lowest BCUT2D eigenvalue weighted by Crippen LogP contribution is -2.24. The third-order valence-corrected chi connectivity index (χ3v) is 4.07. The molecule has 0 atom stereocenters. The van der Waals surface area contributed by atoms with E-state index in [-0.39, 0.29) is 6.09 Å². The van der Waals surface area contributed by atoms with E-state index in [1.807, 2.05) is 36.4 Å². The van der Waals surface area contributed by atoms with Gasteiger partial charge in [-0.3, -0.25) is 0 Å². The molecule has 4 heteroatoms. The third-order valence-electron chi connectivity index (χ3n) is 3.58. The number of benzene rings is 2. The molecule has 0 aliphatic carbocycles. The molecule has 126 valence electrons. The van der Waals surface area contributed by atoms with Gasteiger partial charge in [0.2, 0.25) is 0 Å². The molecule has 24 heavy (non-hydrogen) atoms. The van der Waals surface area contributed by atoms with E-state index in [9.17, 15) is 4.79 Å². The Kier molecular flexibility index (Phi) is 7.56. The van der Waals surface area contributed by atoms with Crippen LogP contribution in [0.2, 0.25) is 0 Å². The number of alkyl carbamates (subject to hydrolysis) is 1. The summed E-state index contributed by atoms with van der Waals surface area (Å²) in [6.45, 7) is 2.99. The molecule has 0 fully saturated rings. The van der Waals surface area contributed by atoms with Crippen LogP contribution >= 0.6 is 15.9 Å². The maximum Gasteiger partial charge on any atom is 0.407 e. The van der Waals surface area contributed by atoms with E-state index in [1.165, 1.54) is 11.1 Å². The second kappa shape index (κ2) is 9.93. The minimum atomic E-state index is -0.384. The zero-order valence-electron chi connectivity index (χ0n) is 13.8. The summed E-state index contributed by atoms with van der Waals surface area (Å²) in [7, 11) is 0. The lowest BCUT2D eigenvalue weighted by Gasteiger charge is -2.06. The maximum atomic E-state index is 11.6. The Labute approximate surface area is 151 Å². The van der Waals surface area contributed by atoms with Crippen molar-refractivity contribution in [3.05, 3.63) is 75.8 Å². The van der Waals surface area contributed by atoms with Gasteiger partial charge in [0.25, 0.3) is 0 Å². The SMILES string of the molecule is CCc1cc(Br)ccc1C=CCCNC(=O)OCc1ccccc1. The van der Waals surface area contributed by atoms with Crippen LogP contribution in [0.1, 0.15) is 30.0 Å². The van der Waals surface area contributed by atoms with Crippen molar-refractivity contribution < 1.29 is 9.53 Å². The van der Waals surface area contributed by atoms with Gasteiger partial charge >= 0.3 is 6.09 Å². The van der Waals surface area contributed by atoms with Crippen molar-refractivity contribution in [2.45, 2.75) is 26.4 Å². The van der Waals surface area contributed by atoms with Crippen LogP contribution in [0.25, 0.3) is 6.08 Å². The molecule has 0 aromatic heterocycles. The van der Waals surface area contributed by atoms with Gasteiger partial charge in [-0.2, -0.15) is 0 Å². The lowest BCUT2D eigenvalue weighted by atomic mass is 10.0. The summed E-state index contributed by atoms with van der Waals surface area (Å²) in [5.41, 5.74) is 3.50. The summed E-state index contributed by atoms with van der Waals surface area (Å²) in [4.78, 5) is 11.6. The van der Waals surface area contributed by atoms with Gasteiger partial charge in [-0.25, -0.2) is 4.79 Å². The van der Waals surface area contributed by atoms with Crippen LogP contribution in [-0.2, 0) is 17.8 Å². The van der Waals surface area contributed by atoms with E-state index in [1.54, 1.807) is 0 Å². The largest absolute Gasteiger partial charge is 0.445 e. The molecule has 2 aromatic rings. The molecule has 0 aliphatic rings. The van der Waals surface area contributed by atoms with Crippen LogP contribution in [0.4, 0.5) is 4.79 Å². The van der Waals surface area contributed by atoms with Crippen molar-refractivity contribution in [1.29, 1.82) is 0 Å². The Morgan fingerprint density at radius 2 is 2.00 bits per heavy atom. The number of halogens is 1. The van der Waals surface area contributed by atoms with E-state index in [2.05, 4.69) is 52.5 Å². The monoisotopic (exact) mass is 387 g/mol. The molecule has 0 heterocycles. The third kappa shape index (κ3) is 6.20. The number of hydrogen-bond acceptors (Lipinski definition) is 2. The van der Waals surface area contributed by atoms with Crippen LogP contribution in [0.15, 0.2) is 59.1 Å². The van der Waals surface area contributed by atoms with Crippen molar-refractivity contribution >= 4 is 28.1 Å². The summed E-state index contributed by atoms with van der Waals surface area (Å²) in [5.74, 6) is 0. The number of rotatable bonds is 7. The highest BCUT2D eigenvalue weighted by Gasteiger charge is 2.01. The molecule has 0 bridgehead atoms. The number of ether oxygens (including phenoxy) is 1. The molecule has 2 rings (SSSR count). The van der Waals surface area contributed by atoms with Crippen LogP contribution in [0.3, 0.4) is 0 Å². The fraction of sp³-hybridized carbons (Fsp3) is 0.250. The zero-order chi connectivity index (χ0) is 17.2. The Bertz CT molecular complexity index is 683.